The Morgan fingerprint density at radius 1 is 1.15 bits per heavy atom. The van der Waals surface area contributed by atoms with Gasteiger partial charge in [-0.2, -0.15) is 0 Å². The molecule has 0 aromatic heterocycles. The molecule has 78 valence electrons. The van der Waals surface area contributed by atoms with E-state index in [0.717, 1.165) is 13.1 Å². The lowest BCUT2D eigenvalue weighted by Crippen LogP contribution is -2.40. The highest BCUT2D eigenvalue weighted by Gasteiger charge is 2.36. The first-order valence-corrected chi connectivity index (χ1v) is 5.37. The van der Waals surface area contributed by atoms with E-state index >= 15 is 0 Å². The van der Waals surface area contributed by atoms with Crippen LogP contribution in [0.4, 0.5) is 0 Å². The summed E-state index contributed by atoms with van der Waals surface area (Å²) in [6.07, 6.45) is 2.82. The predicted octanol–water partition coefficient (Wildman–Crippen LogP) is 1.76. The molecule has 1 aliphatic carbocycles. The van der Waals surface area contributed by atoms with Gasteiger partial charge in [0.1, 0.15) is 0 Å². The molecule has 0 aliphatic heterocycles. The molecule has 0 spiro atoms. The quantitative estimate of drug-likeness (QED) is 0.636. The van der Waals surface area contributed by atoms with Gasteiger partial charge in [0.05, 0.1) is 0 Å². The fraction of sp³-hybridized carbons (Fsp3) is 1.00. The summed E-state index contributed by atoms with van der Waals surface area (Å²) in [4.78, 5) is 0. The molecule has 1 saturated carbocycles. The van der Waals surface area contributed by atoms with Gasteiger partial charge in [0.15, 0.2) is 0 Å². The molecule has 0 bridgehead atoms. The van der Waals surface area contributed by atoms with Gasteiger partial charge < -0.3 is 10.6 Å². The highest BCUT2D eigenvalue weighted by Crippen LogP contribution is 2.43. The van der Waals surface area contributed by atoms with Gasteiger partial charge in [-0.3, -0.25) is 0 Å². The number of hydrogen-bond acceptors (Lipinski definition) is 2. The van der Waals surface area contributed by atoms with E-state index in [9.17, 15) is 0 Å². The molecule has 0 saturated heterocycles. The van der Waals surface area contributed by atoms with Gasteiger partial charge in [0.25, 0.3) is 0 Å². The molecular weight excluding hydrogens is 160 g/mol. The summed E-state index contributed by atoms with van der Waals surface area (Å²) in [7, 11) is 0. The van der Waals surface area contributed by atoms with E-state index in [-0.39, 0.29) is 5.54 Å². The third kappa shape index (κ3) is 5.27. The first-order valence-electron chi connectivity index (χ1n) is 5.37. The number of rotatable bonds is 5. The maximum atomic E-state index is 3.50. The van der Waals surface area contributed by atoms with Crippen LogP contribution in [0.2, 0.25) is 0 Å². The average Bonchev–Trinajstić information content (AvgIpc) is 2.65. The Labute approximate surface area is 82.5 Å². The molecule has 0 aromatic rings. The van der Waals surface area contributed by atoms with Gasteiger partial charge in [0, 0.05) is 25.2 Å². The molecule has 1 aliphatic rings. The van der Waals surface area contributed by atoms with Crippen LogP contribution in [0.5, 0.6) is 0 Å². The maximum absolute atomic E-state index is 3.50. The van der Waals surface area contributed by atoms with Crippen molar-refractivity contribution in [2.45, 2.75) is 46.1 Å². The maximum Gasteiger partial charge on any atom is 0.00970 e. The van der Waals surface area contributed by atoms with E-state index in [2.05, 4.69) is 38.3 Å². The predicted molar refractivity (Wildman–Crippen MR) is 58.0 cm³/mol. The van der Waals surface area contributed by atoms with Crippen molar-refractivity contribution >= 4 is 0 Å². The molecule has 0 atom stereocenters. The van der Waals surface area contributed by atoms with Crippen LogP contribution < -0.4 is 10.6 Å². The topological polar surface area (TPSA) is 24.1 Å². The monoisotopic (exact) mass is 184 g/mol. The molecule has 2 N–H and O–H groups in total. The molecule has 13 heavy (non-hydrogen) atoms. The van der Waals surface area contributed by atoms with Crippen LogP contribution in [0.25, 0.3) is 0 Å². The van der Waals surface area contributed by atoms with Gasteiger partial charge in [-0.05, 0) is 39.0 Å². The zero-order valence-electron chi connectivity index (χ0n) is 9.54. The largest absolute Gasteiger partial charge is 0.315 e. The molecule has 2 nitrogen and oxygen atoms in total. The summed E-state index contributed by atoms with van der Waals surface area (Å²) in [5.74, 6) is 0. The summed E-state index contributed by atoms with van der Waals surface area (Å²) >= 11 is 0. The average molecular weight is 184 g/mol. The number of hydrogen-bond donors (Lipinski definition) is 2. The summed E-state index contributed by atoms with van der Waals surface area (Å²) in [5, 5.41) is 6.96. The molecule has 0 heterocycles. The summed E-state index contributed by atoms with van der Waals surface area (Å²) < 4.78 is 0. The van der Waals surface area contributed by atoms with E-state index in [4.69, 9.17) is 0 Å². The second-order valence-electron chi connectivity index (χ2n) is 5.66. The van der Waals surface area contributed by atoms with Crippen LogP contribution in [-0.2, 0) is 0 Å². The van der Waals surface area contributed by atoms with Crippen molar-refractivity contribution in [3.63, 3.8) is 0 Å². The summed E-state index contributed by atoms with van der Waals surface area (Å²) in [6.45, 7) is 12.3. The minimum absolute atomic E-state index is 0.255. The van der Waals surface area contributed by atoms with E-state index in [1.807, 2.05) is 0 Å². The van der Waals surface area contributed by atoms with Crippen molar-refractivity contribution in [1.29, 1.82) is 0 Å². The lowest BCUT2D eigenvalue weighted by molar-refractivity contribution is 0.411. The normalized spacial score (nSPS) is 20.3. The Balaban J connectivity index is 1.90. The van der Waals surface area contributed by atoms with Crippen molar-refractivity contribution in [3.05, 3.63) is 0 Å². The van der Waals surface area contributed by atoms with Crippen molar-refractivity contribution in [2.24, 2.45) is 5.41 Å². The minimum atomic E-state index is 0.255. The summed E-state index contributed by atoms with van der Waals surface area (Å²) in [5.41, 5.74) is 0.896. The smallest absolute Gasteiger partial charge is 0.00970 e. The van der Waals surface area contributed by atoms with Crippen LogP contribution in [0.1, 0.15) is 40.5 Å². The highest BCUT2D eigenvalue weighted by atomic mass is 15.0. The molecule has 0 radical (unpaired) electrons. The molecule has 1 fully saturated rings. The zero-order valence-corrected chi connectivity index (χ0v) is 9.54. The van der Waals surface area contributed by atoms with Crippen molar-refractivity contribution in [1.82, 2.24) is 10.6 Å². The van der Waals surface area contributed by atoms with Crippen molar-refractivity contribution < 1.29 is 0 Å². The molecule has 0 unspecified atom stereocenters. The molecular formula is C11H24N2. The van der Waals surface area contributed by atoms with Gasteiger partial charge in [-0.15, -0.1) is 0 Å². The van der Waals surface area contributed by atoms with Crippen LogP contribution in [0.3, 0.4) is 0 Å². The molecule has 2 heteroatoms. The Morgan fingerprint density at radius 3 is 2.23 bits per heavy atom. The third-order valence-electron chi connectivity index (χ3n) is 2.61. The van der Waals surface area contributed by atoms with Gasteiger partial charge >= 0.3 is 0 Å². The Hall–Kier alpha value is -0.0800. The minimum Gasteiger partial charge on any atom is -0.315 e. The first kappa shape index (κ1) is 11.0. The molecule has 0 aromatic carbocycles. The van der Waals surface area contributed by atoms with E-state index in [0.29, 0.717) is 5.41 Å². The van der Waals surface area contributed by atoms with Crippen LogP contribution >= 0.6 is 0 Å². The van der Waals surface area contributed by atoms with Gasteiger partial charge in [0.2, 0.25) is 0 Å². The Bertz CT molecular complexity index is 147. The number of nitrogens with one attached hydrogen (secondary N) is 2. The Morgan fingerprint density at radius 2 is 1.77 bits per heavy atom. The first-order chi connectivity index (χ1) is 5.91. The molecule has 1 rings (SSSR count). The standard InChI is InChI=1S/C11H24N2/c1-10(2,3)13-8-7-12-9-11(4)5-6-11/h12-13H,5-9H2,1-4H3. The third-order valence-corrected chi connectivity index (χ3v) is 2.61. The van der Waals surface area contributed by atoms with Gasteiger partial charge in [-0.25, -0.2) is 0 Å². The van der Waals surface area contributed by atoms with E-state index < -0.39 is 0 Å². The van der Waals surface area contributed by atoms with Crippen molar-refractivity contribution in [2.75, 3.05) is 19.6 Å². The van der Waals surface area contributed by atoms with Crippen molar-refractivity contribution in [3.8, 4) is 0 Å². The second kappa shape index (κ2) is 3.97. The van der Waals surface area contributed by atoms with Crippen LogP contribution in [-0.4, -0.2) is 25.2 Å². The zero-order chi connectivity index (χ0) is 9.95. The second-order valence-corrected chi connectivity index (χ2v) is 5.66. The fourth-order valence-corrected chi connectivity index (χ4v) is 1.31. The SMILES string of the molecule is CC1(CNCCNC(C)(C)C)CC1. The summed E-state index contributed by atoms with van der Waals surface area (Å²) in [6, 6.07) is 0. The van der Waals surface area contributed by atoms with Gasteiger partial charge in [-0.1, -0.05) is 6.92 Å². The molecule has 0 amide bonds. The highest BCUT2D eigenvalue weighted by molar-refractivity contribution is 4.90. The lowest BCUT2D eigenvalue weighted by atomic mass is 10.1. The van der Waals surface area contributed by atoms with Crippen LogP contribution in [0, 0.1) is 5.41 Å². The van der Waals surface area contributed by atoms with E-state index in [1.54, 1.807) is 0 Å². The van der Waals surface area contributed by atoms with Crippen LogP contribution in [0.15, 0.2) is 0 Å². The lowest BCUT2D eigenvalue weighted by Gasteiger charge is -2.21. The fourth-order valence-electron chi connectivity index (χ4n) is 1.31. The Kier molecular flexibility index (Phi) is 3.36. The van der Waals surface area contributed by atoms with E-state index in [1.165, 1.54) is 19.4 Å².